The molecule has 0 aromatic heterocycles. The molecule has 4 nitrogen and oxygen atoms in total. The predicted molar refractivity (Wildman–Crippen MR) is 86.2 cm³/mol. The van der Waals surface area contributed by atoms with Crippen LogP contribution in [-0.2, 0) is 10.0 Å². The average molecular weight is 312 g/mol. The topological polar surface area (TPSA) is 61.2 Å². The van der Waals surface area contributed by atoms with Crippen molar-refractivity contribution in [3.05, 3.63) is 71.8 Å². The molecule has 0 aliphatic carbocycles. The van der Waals surface area contributed by atoms with Gasteiger partial charge >= 0.3 is 0 Å². The smallest absolute Gasteiger partial charge is 0.200 e. The summed E-state index contributed by atoms with van der Waals surface area (Å²) < 4.78 is 25.5. The zero-order chi connectivity index (χ0) is 16.0. The van der Waals surface area contributed by atoms with Gasteiger partial charge in [0.2, 0.25) is 0 Å². The monoisotopic (exact) mass is 312 g/mol. The molecule has 0 aliphatic heterocycles. The fraction of sp³-hybridized carbons (Fsp3) is 0.118. The van der Waals surface area contributed by atoms with E-state index in [1.54, 1.807) is 30.5 Å². The summed E-state index contributed by atoms with van der Waals surface area (Å²) >= 11 is 0. The number of rotatable bonds is 5. The molecule has 0 unspecified atom stereocenters. The highest BCUT2D eigenvalue weighted by Gasteiger charge is 2.21. The number of benzene rings is 2. The number of nitrogens with zero attached hydrogens (tertiary/aromatic N) is 2. The number of aryl methyl sites for hydroxylation is 1. The first-order valence-corrected chi connectivity index (χ1v) is 8.19. The summed E-state index contributed by atoms with van der Waals surface area (Å²) in [5, 5.41) is 9.14. The van der Waals surface area contributed by atoms with Crippen molar-refractivity contribution >= 4 is 16.1 Å². The van der Waals surface area contributed by atoms with E-state index < -0.39 is 10.0 Å². The molecule has 5 heteroatoms. The standard InChI is InChI=1S/C17H16N2O2S/c1-15-9-11-17(12-10-15)22(20,21)19(14-18)13-5-8-16-6-3-2-4-7-16/h2-12H,13H2,1H3/b8-5+. The molecular weight excluding hydrogens is 296 g/mol. The maximum atomic E-state index is 12.4. The van der Waals surface area contributed by atoms with Crippen LogP contribution in [0.5, 0.6) is 0 Å². The number of hydrogen-bond donors (Lipinski definition) is 0. The van der Waals surface area contributed by atoms with Crippen molar-refractivity contribution in [3.63, 3.8) is 0 Å². The fourth-order valence-electron chi connectivity index (χ4n) is 1.88. The van der Waals surface area contributed by atoms with E-state index in [4.69, 9.17) is 5.26 Å². The van der Waals surface area contributed by atoms with Gasteiger partial charge in [-0.25, -0.2) is 8.42 Å². The van der Waals surface area contributed by atoms with Crippen LogP contribution in [0.4, 0.5) is 0 Å². The van der Waals surface area contributed by atoms with Crippen molar-refractivity contribution in [1.29, 1.82) is 5.26 Å². The summed E-state index contributed by atoms with van der Waals surface area (Å²) in [6, 6.07) is 15.9. The zero-order valence-electron chi connectivity index (χ0n) is 12.2. The molecule has 0 N–H and O–H groups in total. The lowest BCUT2D eigenvalue weighted by Gasteiger charge is -2.14. The Labute approximate surface area is 131 Å². The van der Waals surface area contributed by atoms with Crippen LogP contribution in [-0.4, -0.2) is 19.3 Å². The van der Waals surface area contributed by atoms with E-state index in [9.17, 15) is 8.42 Å². The highest BCUT2D eigenvalue weighted by molar-refractivity contribution is 7.89. The Bertz CT molecular complexity index is 789. The molecule has 0 fully saturated rings. The summed E-state index contributed by atoms with van der Waals surface area (Å²) in [4.78, 5) is 0.118. The van der Waals surface area contributed by atoms with Gasteiger partial charge in [0.1, 0.15) is 0 Å². The molecule has 0 heterocycles. The van der Waals surface area contributed by atoms with Gasteiger partial charge in [0, 0.05) is 0 Å². The van der Waals surface area contributed by atoms with Gasteiger partial charge in [-0.3, -0.25) is 0 Å². The molecule has 0 amide bonds. The van der Waals surface area contributed by atoms with Crippen LogP contribution in [0.15, 0.2) is 65.6 Å². The van der Waals surface area contributed by atoms with E-state index >= 15 is 0 Å². The number of sulfonamides is 1. The van der Waals surface area contributed by atoms with E-state index in [1.807, 2.05) is 37.3 Å². The van der Waals surface area contributed by atoms with E-state index in [-0.39, 0.29) is 11.4 Å². The van der Waals surface area contributed by atoms with Crippen LogP contribution in [0.1, 0.15) is 11.1 Å². The Hall–Kier alpha value is -2.58. The summed E-state index contributed by atoms with van der Waals surface area (Å²) in [6.45, 7) is 1.88. The molecule has 0 saturated carbocycles. The third-order valence-corrected chi connectivity index (χ3v) is 4.78. The van der Waals surface area contributed by atoms with Crippen LogP contribution >= 0.6 is 0 Å². The van der Waals surface area contributed by atoms with Crippen LogP contribution in [0.2, 0.25) is 0 Å². The van der Waals surface area contributed by atoms with Gasteiger partial charge in [-0.1, -0.05) is 60.2 Å². The van der Waals surface area contributed by atoms with Gasteiger partial charge in [0.05, 0.1) is 11.4 Å². The molecule has 2 aromatic rings. The lowest BCUT2D eigenvalue weighted by atomic mass is 10.2. The van der Waals surface area contributed by atoms with E-state index in [1.165, 1.54) is 12.1 Å². The first-order chi connectivity index (χ1) is 10.5. The van der Waals surface area contributed by atoms with Crippen molar-refractivity contribution in [3.8, 4) is 6.19 Å². The van der Waals surface area contributed by atoms with Crippen molar-refractivity contribution < 1.29 is 8.42 Å². The molecule has 0 saturated heterocycles. The highest BCUT2D eigenvalue weighted by atomic mass is 32.2. The third-order valence-electron chi connectivity index (χ3n) is 3.10. The first kappa shape index (κ1) is 15.8. The molecule has 2 aromatic carbocycles. The first-order valence-electron chi connectivity index (χ1n) is 6.75. The van der Waals surface area contributed by atoms with Gasteiger partial charge in [0.15, 0.2) is 6.19 Å². The van der Waals surface area contributed by atoms with Gasteiger partial charge < -0.3 is 0 Å². The van der Waals surface area contributed by atoms with Gasteiger partial charge in [-0.15, -0.1) is 0 Å². The van der Waals surface area contributed by atoms with Crippen molar-refractivity contribution in [1.82, 2.24) is 4.31 Å². The van der Waals surface area contributed by atoms with Crippen LogP contribution in [0.3, 0.4) is 0 Å². The summed E-state index contributed by atoms with van der Waals surface area (Å²) in [5.74, 6) is 0. The summed E-state index contributed by atoms with van der Waals surface area (Å²) in [6.07, 6.45) is 5.18. The normalized spacial score (nSPS) is 11.3. The van der Waals surface area contributed by atoms with Crippen LogP contribution in [0, 0.1) is 18.4 Å². The molecule has 0 spiro atoms. The van der Waals surface area contributed by atoms with Gasteiger partial charge in [-0.05, 0) is 24.6 Å². The second-order valence-electron chi connectivity index (χ2n) is 4.76. The van der Waals surface area contributed by atoms with E-state index in [2.05, 4.69) is 0 Å². The number of hydrogen-bond acceptors (Lipinski definition) is 3. The van der Waals surface area contributed by atoms with E-state index in [0.717, 1.165) is 15.4 Å². The Balaban J connectivity index is 2.16. The Morgan fingerprint density at radius 2 is 1.73 bits per heavy atom. The van der Waals surface area contributed by atoms with Crippen LogP contribution in [0.25, 0.3) is 6.08 Å². The molecule has 0 aliphatic rings. The molecule has 0 radical (unpaired) electrons. The van der Waals surface area contributed by atoms with E-state index in [0.29, 0.717) is 0 Å². The predicted octanol–water partition coefficient (Wildman–Crippen LogP) is 3.18. The summed E-state index contributed by atoms with van der Waals surface area (Å²) in [5.41, 5.74) is 1.92. The van der Waals surface area contributed by atoms with Crippen molar-refractivity contribution in [2.24, 2.45) is 0 Å². The van der Waals surface area contributed by atoms with Gasteiger partial charge in [0.25, 0.3) is 10.0 Å². The highest BCUT2D eigenvalue weighted by Crippen LogP contribution is 2.16. The molecular formula is C17H16N2O2S. The van der Waals surface area contributed by atoms with Crippen molar-refractivity contribution in [2.45, 2.75) is 11.8 Å². The minimum Gasteiger partial charge on any atom is -0.200 e. The lowest BCUT2D eigenvalue weighted by Crippen LogP contribution is -2.26. The molecule has 22 heavy (non-hydrogen) atoms. The average Bonchev–Trinajstić information content (AvgIpc) is 2.53. The van der Waals surface area contributed by atoms with Gasteiger partial charge in [-0.2, -0.15) is 9.57 Å². The quantitative estimate of drug-likeness (QED) is 0.629. The molecule has 2 rings (SSSR count). The SMILES string of the molecule is Cc1ccc(S(=O)(=O)N(C#N)C/C=C/c2ccccc2)cc1. The Kier molecular flexibility index (Phi) is 4.97. The fourth-order valence-corrected chi connectivity index (χ4v) is 3.00. The Morgan fingerprint density at radius 1 is 1.09 bits per heavy atom. The maximum absolute atomic E-state index is 12.4. The second-order valence-corrected chi connectivity index (χ2v) is 6.62. The summed E-state index contributed by atoms with van der Waals surface area (Å²) in [7, 11) is -3.80. The van der Waals surface area contributed by atoms with Crippen LogP contribution < -0.4 is 0 Å². The minimum absolute atomic E-state index is 0.00159. The second kappa shape index (κ2) is 6.92. The Morgan fingerprint density at radius 3 is 2.32 bits per heavy atom. The minimum atomic E-state index is -3.80. The number of nitriles is 1. The lowest BCUT2D eigenvalue weighted by molar-refractivity contribution is 0.530. The maximum Gasteiger partial charge on any atom is 0.272 e. The zero-order valence-corrected chi connectivity index (χ0v) is 13.0. The molecule has 0 bridgehead atoms. The largest absolute Gasteiger partial charge is 0.272 e. The molecule has 112 valence electrons. The van der Waals surface area contributed by atoms with Crippen molar-refractivity contribution in [2.75, 3.05) is 6.54 Å². The third kappa shape index (κ3) is 3.74. The molecule has 0 atom stereocenters.